The number of alkyl carbamates (subject to hydrolysis) is 1. The molecule has 13 heteroatoms. The van der Waals surface area contributed by atoms with Crippen LogP contribution in [-0.2, 0) is 19.5 Å². The van der Waals surface area contributed by atoms with E-state index in [1.54, 1.807) is 52.9 Å². The highest BCUT2D eigenvalue weighted by molar-refractivity contribution is 7.89. The molecular weight excluding hydrogens is 590 g/mol. The van der Waals surface area contributed by atoms with E-state index in [-0.39, 0.29) is 29.1 Å². The number of carbonyl (C=O) groups is 2. The number of aromatic nitrogens is 1. The fourth-order valence-electron chi connectivity index (χ4n) is 5.50. The lowest BCUT2D eigenvalue weighted by atomic mass is 9.86. The third kappa shape index (κ3) is 9.37. The Morgan fingerprint density at radius 1 is 1.12 bits per heavy atom. The average Bonchev–Trinajstić information content (AvgIpc) is 3.55. The van der Waals surface area contributed by atoms with Crippen molar-refractivity contribution < 1.29 is 27.5 Å². The smallest absolute Gasteiger partial charge is 0.411 e. The first-order valence-corrected chi connectivity index (χ1v) is 17.3. The Morgan fingerprint density at radius 2 is 1.84 bits per heavy atom. The van der Waals surface area contributed by atoms with Crippen molar-refractivity contribution in [3.8, 4) is 10.4 Å². The molecule has 1 saturated heterocycles. The maximum absolute atomic E-state index is 13.5. The van der Waals surface area contributed by atoms with E-state index in [0.717, 1.165) is 55.0 Å². The number of hydrogen-bond acceptors (Lipinski definition) is 9. The average molecular weight is 636 g/mol. The van der Waals surface area contributed by atoms with Gasteiger partial charge in [0.2, 0.25) is 10.0 Å². The second-order valence-corrected chi connectivity index (χ2v) is 15.5. The summed E-state index contributed by atoms with van der Waals surface area (Å²) in [5.74, 6) is 0.222. The molecule has 2 aliphatic rings. The largest absolute Gasteiger partial charge is 0.448 e. The minimum atomic E-state index is -3.94. The summed E-state index contributed by atoms with van der Waals surface area (Å²) in [6, 6.07) is 5.16. The Labute approximate surface area is 259 Å². The van der Waals surface area contributed by atoms with Crippen LogP contribution in [0.15, 0.2) is 29.3 Å². The first-order chi connectivity index (χ1) is 20.2. The number of likely N-dealkylation sites (tertiary alicyclic amines) is 1. The van der Waals surface area contributed by atoms with Crippen LogP contribution in [0.1, 0.15) is 84.1 Å². The number of thiazole rings is 1. The molecule has 0 bridgehead atoms. The summed E-state index contributed by atoms with van der Waals surface area (Å²) < 4.78 is 40.4. The van der Waals surface area contributed by atoms with Gasteiger partial charge in [-0.25, -0.2) is 27.7 Å². The van der Waals surface area contributed by atoms with Crippen molar-refractivity contribution in [2.45, 2.75) is 108 Å². The summed E-state index contributed by atoms with van der Waals surface area (Å²) in [5.41, 5.74) is 0.114. The first-order valence-electron chi connectivity index (χ1n) is 15.0. The van der Waals surface area contributed by atoms with Crippen LogP contribution >= 0.6 is 11.3 Å². The van der Waals surface area contributed by atoms with E-state index in [2.05, 4.69) is 32.3 Å². The lowest BCUT2D eigenvalue weighted by Gasteiger charge is -2.28. The maximum Gasteiger partial charge on any atom is 0.411 e. The molecule has 0 radical (unpaired) electrons. The van der Waals surface area contributed by atoms with E-state index >= 15 is 0 Å². The Bertz CT molecular complexity index is 1380. The molecule has 1 aliphatic heterocycles. The third-order valence-corrected chi connectivity index (χ3v) is 10.6. The zero-order valence-electron chi connectivity index (χ0n) is 25.9. The van der Waals surface area contributed by atoms with E-state index in [1.165, 1.54) is 17.4 Å². The van der Waals surface area contributed by atoms with Gasteiger partial charge in [-0.15, -0.1) is 11.3 Å². The molecule has 238 valence electrons. The van der Waals surface area contributed by atoms with Crippen LogP contribution in [0.2, 0.25) is 0 Å². The minimum absolute atomic E-state index is 0.0511. The quantitative estimate of drug-likeness (QED) is 0.319. The molecule has 1 aliphatic carbocycles. The molecule has 1 unspecified atom stereocenters. The topological polar surface area (TPSA) is 139 Å². The number of ether oxygens (including phenoxy) is 2. The summed E-state index contributed by atoms with van der Waals surface area (Å²) in [5, 5.41) is 6.58. The standard InChI is InChI=1S/C30H45N5O6S2/c1-19(2)41-29(37)33-22-13-14-24(26(16-22)43(38,39)34-30(3,4)5)25-17-31-27(42-25)20-9-11-21(12-10-20)32-28(36)40-18-23-8-7-15-35(23)6/h13-14,16-17,19-21,23,34H,7-12,15,18H2,1-6H3,(H,32,36)(H,33,37). The zero-order chi connectivity index (χ0) is 31.4. The molecule has 2 amide bonds. The van der Waals surface area contributed by atoms with E-state index in [4.69, 9.17) is 9.47 Å². The second kappa shape index (κ2) is 13.9. The maximum atomic E-state index is 13.5. The van der Waals surface area contributed by atoms with Gasteiger partial charge in [-0.1, -0.05) is 6.07 Å². The van der Waals surface area contributed by atoms with Gasteiger partial charge in [-0.2, -0.15) is 0 Å². The van der Waals surface area contributed by atoms with Gasteiger partial charge in [0.1, 0.15) is 6.61 Å². The fourth-order valence-corrected chi connectivity index (χ4v) is 8.36. The summed E-state index contributed by atoms with van der Waals surface area (Å²) in [4.78, 5) is 32.2. The van der Waals surface area contributed by atoms with E-state index in [0.29, 0.717) is 23.9 Å². The van der Waals surface area contributed by atoms with Crippen molar-refractivity contribution in [2.75, 3.05) is 25.5 Å². The summed E-state index contributed by atoms with van der Waals surface area (Å²) in [7, 11) is -1.88. The molecule has 1 saturated carbocycles. The van der Waals surface area contributed by atoms with Crippen LogP contribution in [0.25, 0.3) is 10.4 Å². The minimum Gasteiger partial charge on any atom is -0.448 e. The van der Waals surface area contributed by atoms with Gasteiger partial charge in [0, 0.05) is 41.0 Å². The van der Waals surface area contributed by atoms with Gasteiger partial charge >= 0.3 is 12.2 Å². The van der Waals surface area contributed by atoms with Crippen LogP contribution in [-0.4, -0.2) is 74.4 Å². The highest BCUT2D eigenvalue weighted by Gasteiger charge is 2.30. The van der Waals surface area contributed by atoms with Crippen molar-refractivity contribution >= 4 is 39.2 Å². The number of benzene rings is 1. The number of nitrogens with zero attached hydrogens (tertiary/aromatic N) is 2. The van der Waals surface area contributed by atoms with Crippen LogP contribution in [0.5, 0.6) is 0 Å². The summed E-state index contributed by atoms with van der Waals surface area (Å²) in [6.07, 6.45) is 5.94. The lowest BCUT2D eigenvalue weighted by Crippen LogP contribution is -2.40. The number of hydrogen-bond donors (Lipinski definition) is 3. The summed E-state index contributed by atoms with van der Waals surface area (Å²) in [6.45, 7) is 10.3. The monoisotopic (exact) mass is 635 g/mol. The molecule has 11 nitrogen and oxygen atoms in total. The molecule has 2 fully saturated rings. The van der Waals surface area contributed by atoms with Gasteiger partial charge in [0.25, 0.3) is 0 Å². The molecule has 4 rings (SSSR count). The number of nitrogens with one attached hydrogen (secondary N) is 3. The molecule has 1 atom stereocenters. The van der Waals surface area contributed by atoms with Gasteiger partial charge in [0.15, 0.2) is 0 Å². The number of anilines is 1. The molecule has 1 aromatic heterocycles. The number of likely N-dealkylation sites (N-methyl/N-ethyl adjacent to an activating group) is 1. The van der Waals surface area contributed by atoms with E-state index in [9.17, 15) is 18.0 Å². The molecule has 43 heavy (non-hydrogen) atoms. The number of sulfonamides is 1. The van der Waals surface area contributed by atoms with E-state index < -0.39 is 21.7 Å². The second-order valence-electron chi connectivity index (χ2n) is 12.8. The molecular formula is C30H45N5O6S2. The van der Waals surface area contributed by atoms with Crippen molar-refractivity contribution in [3.05, 3.63) is 29.4 Å². The van der Waals surface area contributed by atoms with Crippen molar-refractivity contribution in [1.82, 2.24) is 19.9 Å². The Hall–Kier alpha value is -2.74. The van der Waals surface area contributed by atoms with Crippen molar-refractivity contribution in [1.29, 1.82) is 0 Å². The van der Waals surface area contributed by atoms with Crippen LogP contribution in [0.3, 0.4) is 0 Å². The predicted octanol–water partition coefficient (Wildman–Crippen LogP) is 5.69. The van der Waals surface area contributed by atoms with Gasteiger partial charge in [-0.05, 0) is 98.9 Å². The van der Waals surface area contributed by atoms with E-state index in [1.807, 2.05) is 0 Å². The molecule has 0 spiro atoms. The van der Waals surface area contributed by atoms with Crippen LogP contribution in [0.4, 0.5) is 15.3 Å². The van der Waals surface area contributed by atoms with Crippen LogP contribution < -0.4 is 15.4 Å². The van der Waals surface area contributed by atoms with Gasteiger partial charge in [0.05, 0.1) is 20.9 Å². The molecule has 3 N–H and O–H groups in total. The van der Waals surface area contributed by atoms with Crippen molar-refractivity contribution in [3.63, 3.8) is 0 Å². The van der Waals surface area contributed by atoms with Gasteiger partial charge in [-0.3, -0.25) is 5.32 Å². The third-order valence-electron chi connectivity index (χ3n) is 7.57. The Kier molecular flexibility index (Phi) is 10.7. The predicted molar refractivity (Wildman–Crippen MR) is 168 cm³/mol. The van der Waals surface area contributed by atoms with Crippen LogP contribution in [0, 0.1) is 0 Å². The highest BCUT2D eigenvalue weighted by atomic mass is 32.2. The zero-order valence-corrected chi connectivity index (χ0v) is 27.6. The molecule has 2 aromatic rings. The number of amides is 2. The highest BCUT2D eigenvalue weighted by Crippen LogP contribution is 2.40. The molecule has 2 heterocycles. The Balaban J connectivity index is 1.43. The summed E-state index contributed by atoms with van der Waals surface area (Å²) >= 11 is 1.47. The molecule has 1 aromatic carbocycles. The number of rotatable bonds is 9. The Morgan fingerprint density at radius 3 is 2.47 bits per heavy atom. The van der Waals surface area contributed by atoms with Crippen molar-refractivity contribution in [2.24, 2.45) is 0 Å². The first kappa shape index (κ1) is 33.2. The van der Waals surface area contributed by atoms with Gasteiger partial charge < -0.3 is 19.7 Å². The SMILES string of the molecule is CC(C)OC(=O)Nc1ccc(-c2cnc(C3CCC(NC(=O)OCC4CCCN4C)CC3)s2)c(S(=O)(=O)NC(C)(C)C)c1. The number of carbonyl (C=O) groups excluding carboxylic acids is 2. The fraction of sp³-hybridized carbons (Fsp3) is 0.633. The normalized spacial score (nSPS) is 21.5. The lowest BCUT2D eigenvalue weighted by molar-refractivity contribution is 0.110.